The highest BCUT2D eigenvalue weighted by molar-refractivity contribution is 5.97. The predicted octanol–water partition coefficient (Wildman–Crippen LogP) is 0.579. The Labute approximate surface area is 106 Å². The third-order valence-corrected chi connectivity index (χ3v) is 3.27. The van der Waals surface area contributed by atoms with Gasteiger partial charge in [-0.2, -0.15) is 0 Å². The van der Waals surface area contributed by atoms with Gasteiger partial charge in [0.2, 0.25) is 11.8 Å². The van der Waals surface area contributed by atoms with Crippen LogP contribution in [0.4, 0.5) is 5.69 Å². The summed E-state index contributed by atoms with van der Waals surface area (Å²) in [5.74, 6) is -0.220. The molecule has 2 atom stereocenters. The molecule has 2 amide bonds. The van der Waals surface area contributed by atoms with Crippen LogP contribution in [0.5, 0.6) is 0 Å². The van der Waals surface area contributed by atoms with Crippen molar-refractivity contribution in [1.29, 1.82) is 0 Å². The van der Waals surface area contributed by atoms with Crippen LogP contribution in [0.2, 0.25) is 0 Å². The average molecular weight is 247 g/mol. The maximum absolute atomic E-state index is 12.0. The Bertz CT molecular complexity index is 473. The number of hydrogen-bond acceptors (Lipinski definition) is 3. The molecule has 0 spiro atoms. The third-order valence-electron chi connectivity index (χ3n) is 3.27. The number of amides is 2. The first-order valence-corrected chi connectivity index (χ1v) is 5.99. The maximum atomic E-state index is 12.0. The molecule has 4 N–H and O–H groups in total. The molecule has 0 radical (unpaired) electrons. The number of carbonyl (C=O) groups excluding carboxylic acids is 2. The molecule has 0 bridgehead atoms. The lowest BCUT2D eigenvalue weighted by molar-refractivity contribution is -0.120. The topological polar surface area (TPSA) is 84.2 Å². The van der Waals surface area contributed by atoms with Gasteiger partial charge in [0.25, 0.3) is 0 Å². The molecule has 1 aliphatic rings. The minimum atomic E-state index is -0.498. The molecular weight excluding hydrogens is 230 g/mol. The standard InChI is InChI=1S/C13H17N3O2/c1-8-6-15-7-11(8)13(18)16-10-4-2-3-9(5-10)12(14)17/h2-5,8,11,15H,6-7H2,1H3,(H2,14,17)(H,16,18)/t8-,11-/m1/s1. The normalized spacial score (nSPS) is 22.7. The van der Waals surface area contributed by atoms with E-state index >= 15 is 0 Å². The van der Waals surface area contributed by atoms with E-state index < -0.39 is 5.91 Å². The summed E-state index contributed by atoms with van der Waals surface area (Å²) < 4.78 is 0. The highest BCUT2D eigenvalue weighted by Crippen LogP contribution is 2.19. The summed E-state index contributed by atoms with van der Waals surface area (Å²) in [5.41, 5.74) is 6.20. The number of benzene rings is 1. The SMILES string of the molecule is C[C@@H]1CNC[C@H]1C(=O)Nc1cccc(C(N)=O)c1. The van der Waals surface area contributed by atoms with E-state index in [2.05, 4.69) is 10.6 Å². The second-order valence-corrected chi connectivity index (χ2v) is 4.68. The molecule has 0 aromatic heterocycles. The highest BCUT2D eigenvalue weighted by atomic mass is 16.2. The van der Waals surface area contributed by atoms with Crippen molar-refractivity contribution >= 4 is 17.5 Å². The smallest absolute Gasteiger partial charge is 0.248 e. The molecule has 0 unspecified atom stereocenters. The van der Waals surface area contributed by atoms with E-state index in [-0.39, 0.29) is 11.8 Å². The molecular formula is C13H17N3O2. The summed E-state index contributed by atoms with van der Waals surface area (Å²) in [6, 6.07) is 6.66. The Balaban J connectivity index is 2.07. The van der Waals surface area contributed by atoms with Crippen molar-refractivity contribution < 1.29 is 9.59 Å². The Morgan fingerprint density at radius 1 is 1.39 bits per heavy atom. The van der Waals surface area contributed by atoms with Crippen molar-refractivity contribution in [1.82, 2.24) is 5.32 Å². The van der Waals surface area contributed by atoms with E-state index in [1.165, 1.54) is 0 Å². The van der Waals surface area contributed by atoms with Gasteiger partial charge >= 0.3 is 0 Å². The van der Waals surface area contributed by atoms with Gasteiger partial charge in [-0.25, -0.2) is 0 Å². The molecule has 1 aromatic rings. The quantitative estimate of drug-likeness (QED) is 0.730. The van der Waals surface area contributed by atoms with E-state index in [0.29, 0.717) is 23.7 Å². The summed E-state index contributed by atoms with van der Waals surface area (Å²) in [6.45, 7) is 3.60. The van der Waals surface area contributed by atoms with Gasteiger partial charge in [0, 0.05) is 17.8 Å². The first kappa shape index (κ1) is 12.6. The number of primary amides is 1. The lowest BCUT2D eigenvalue weighted by atomic mass is 9.97. The van der Waals surface area contributed by atoms with Crippen LogP contribution in [0.3, 0.4) is 0 Å². The van der Waals surface area contributed by atoms with E-state index in [1.807, 2.05) is 6.92 Å². The van der Waals surface area contributed by atoms with Crippen molar-refractivity contribution in [3.8, 4) is 0 Å². The number of carbonyl (C=O) groups is 2. The largest absolute Gasteiger partial charge is 0.366 e. The van der Waals surface area contributed by atoms with Crippen LogP contribution in [0, 0.1) is 11.8 Å². The fraction of sp³-hybridized carbons (Fsp3) is 0.385. The molecule has 1 aromatic carbocycles. The molecule has 0 saturated carbocycles. The molecule has 1 fully saturated rings. The van der Waals surface area contributed by atoms with E-state index in [4.69, 9.17) is 5.73 Å². The van der Waals surface area contributed by atoms with E-state index in [9.17, 15) is 9.59 Å². The fourth-order valence-corrected chi connectivity index (χ4v) is 2.15. The second kappa shape index (κ2) is 5.18. The molecule has 2 rings (SSSR count). The number of rotatable bonds is 3. The predicted molar refractivity (Wildman–Crippen MR) is 69.1 cm³/mol. The first-order chi connectivity index (χ1) is 8.58. The van der Waals surface area contributed by atoms with E-state index in [0.717, 1.165) is 6.54 Å². The summed E-state index contributed by atoms with van der Waals surface area (Å²) in [6.07, 6.45) is 0. The molecule has 18 heavy (non-hydrogen) atoms. The Hall–Kier alpha value is -1.88. The van der Waals surface area contributed by atoms with Gasteiger partial charge in [0.05, 0.1) is 5.92 Å². The summed E-state index contributed by atoms with van der Waals surface area (Å²) in [7, 11) is 0. The summed E-state index contributed by atoms with van der Waals surface area (Å²) in [4.78, 5) is 23.1. The van der Waals surface area contributed by atoms with Crippen LogP contribution in [-0.2, 0) is 4.79 Å². The zero-order chi connectivity index (χ0) is 13.1. The van der Waals surface area contributed by atoms with Crippen LogP contribution >= 0.6 is 0 Å². The van der Waals surface area contributed by atoms with Gasteiger partial charge in [-0.15, -0.1) is 0 Å². The lowest BCUT2D eigenvalue weighted by Crippen LogP contribution is -2.28. The van der Waals surface area contributed by atoms with Gasteiger partial charge in [0.1, 0.15) is 0 Å². The third kappa shape index (κ3) is 2.68. The molecule has 5 nitrogen and oxygen atoms in total. The molecule has 96 valence electrons. The minimum absolute atomic E-state index is 0.0193. The van der Waals surface area contributed by atoms with Crippen molar-refractivity contribution in [3.63, 3.8) is 0 Å². The Morgan fingerprint density at radius 3 is 2.78 bits per heavy atom. The highest BCUT2D eigenvalue weighted by Gasteiger charge is 2.29. The number of anilines is 1. The summed E-state index contributed by atoms with van der Waals surface area (Å²) >= 11 is 0. The molecule has 1 aliphatic heterocycles. The van der Waals surface area contributed by atoms with Crippen molar-refractivity contribution in [2.75, 3.05) is 18.4 Å². The van der Waals surface area contributed by atoms with Crippen LogP contribution in [-0.4, -0.2) is 24.9 Å². The molecule has 5 heteroatoms. The fourth-order valence-electron chi connectivity index (χ4n) is 2.15. The Kier molecular flexibility index (Phi) is 3.62. The van der Waals surface area contributed by atoms with Gasteiger partial charge in [-0.1, -0.05) is 13.0 Å². The van der Waals surface area contributed by atoms with Gasteiger partial charge in [-0.3, -0.25) is 9.59 Å². The molecule has 1 heterocycles. The van der Waals surface area contributed by atoms with Crippen LogP contribution < -0.4 is 16.4 Å². The van der Waals surface area contributed by atoms with Crippen LogP contribution in [0.15, 0.2) is 24.3 Å². The molecule has 0 aliphatic carbocycles. The van der Waals surface area contributed by atoms with Gasteiger partial charge in [0.15, 0.2) is 0 Å². The number of nitrogens with one attached hydrogen (secondary N) is 2. The minimum Gasteiger partial charge on any atom is -0.366 e. The van der Waals surface area contributed by atoms with Gasteiger partial charge < -0.3 is 16.4 Å². The summed E-state index contributed by atoms with van der Waals surface area (Å²) in [5, 5.41) is 6.01. The average Bonchev–Trinajstić information content (AvgIpc) is 2.76. The van der Waals surface area contributed by atoms with E-state index in [1.54, 1.807) is 24.3 Å². The maximum Gasteiger partial charge on any atom is 0.248 e. The van der Waals surface area contributed by atoms with Gasteiger partial charge in [-0.05, 0) is 30.7 Å². The van der Waals surface area contributed by atoms with Crippen molar-refractivity contribution in [2.45, 2.75) is 6.92 Å². The number of hydrogen-bond donors (Lipinski definition) is 3. The van der Waals surface area contributed by atoms with Crippen LogP contribution in [0.1, 0.15) is 17.3 Å². The number of nitrogens with two attached hydrogens (primary N) is 1. The Morgan fingerprint density at radius 2 is 2.17 bits per heavy atom. The van der Waals surface area contributed by atoms with Crippen molar-refractivity contribution in [3.05, 3.63) is 29.8 Å². The lowest BCUT2D eigenvalue weighted by Gasteiger charge is -2.14. The second-order valence-electron chi connectivity index (χ2n) is 4.68. The van der Waals surface area contributed by atoms with Crippen molar-refractivity contribution in [2.24, 2.45) is 17.6 Å². The molecule has 1 saturated heterocycles. The zero-order valence-corrected chi connectivity index (χ0v) is 10.3. The zero-order valence-electron chi connectivity index (χ0n) is 10.3. The monoisotopic (exact) mass is 247 g/mol. The first-order valence-electron chi connectivity index (χ1n) is 5.99. The van der Waals surface area contributed by atoms with Crippen LogP contribution in [0.25, 0.3) is 0 Å².